The summed E-state index contributed by atoms with van der Waals surface area (Å²) in [4.78, 5) is 30.7. The van der Waals surface area contributed by atoms with Gasteiger partial charge in [-0.2, -0.15) is 4.98 Å². The van der Waals surface area contributed by atoms with Crippen molar-refractivity contribution in [1.82, 2.24) is 15.5 Å². The van der Waals surface area contributed by atoms with Crippen molar-refractivity contribution in [3.05, 3.63) is 52.2 Å². The topological polar surface area (TPSA) is 97.1 Å². The van der Waals surface area contributed by atoms with Gasteiger partial charge < -0.3 is 15.2 Å². The largest absolute Gasteiger partial charge is 0.343 e. The van der Waals surface area contributed by atoms with E-state index in [4.69, 9.17) is 4.52 Å². The molecule has 0 unspecified atom stereocenters. The Morgan fingerprint density at radius 2 is 1.97 bits per heavy atom. The first-order valence-electron chi connectivity index (χ1n) is 9.59. The van der Waals surface area contributed by atoms with E-state index in [9.17, 15) is 9.59 Å². The van der Waals surface area contributed by atoms with Crippen LogP contribution in [0.15, 0.2) is 34.9 Å². The third kappa shape index (κ3) is 4.37. The third-order valence-corrected chi connectivity index (χ3v) is 6.08. The molecule has 29 heavy (non-hydrogen) atoms. The maximum absolute atomic E-state index is 12.3. The second-order valence-corrected chi connectivity index (χ2v) is 8.52. The molecule has 1 aliphatic carbocycles. The van der Waals surface area contributed by atoms with E-state index >= 15 is 0 Å². The smallest absolute Gasteiger partial charge is 0.251 e. The molecule has 0 radical (unpaired) electrons. The van der Waals surface area contributed by atoms with Crippen molar-refractivity contribution >= 4 is 28.8 Å². The Hall–Kier alpha value is -3.00. The summed E-state index contributed by atoms with van der Waals surface area (Å²) in [5.41, 5.74) is 2.29. The maximum atomic E-state index is 12.3. The van der Waals surface area contributed by atoms with Crippen LogP contribution in [0.5, 0.6) is 0 Å². The van der Waals surface area contributed by atoms with Crippen LogP contribution in [-0.2, 0) is 4.79 Å². The molecule has 2 N–H and O–H groups in total. The normalized spacial score (nSPS) is 13.7. The van der Waals surface area contributed by atoms with E-state index in [0.29, 0.717) is 28.9 Å². The number of carbonyl (C=O) groups excluding carboxylic acids is 2. The van der Waals surface area contributed by atoms with Gasteiger partial charge in [0.05, 0.1) is 17.1 Å². The van der Waals surface area contributed by atoms with Gasteiger partial charge in [0.15, 0.2) is 0 Å². The Kier molecular flexibility index (Phi) is 5.44. The number of thiophene rings is 1. The summed E-state index contributed by atoms with van der Waals surface area (Å²) in [6.07, 6.45) is 3.40. The monoisotopic (exact) mass is 410 g/mol. The molecule has 1 fully saturated rings. The lowest BCUT2D eigenvalue weighted by Gasteiger charge is -2.20. The zero-order chi connectivity index (χ0) is 20.4. The molecule has 3 aromatic rings. The Morgan fingerprint density at radius 1 is 1.21 bits per heavy atom. The van der Waals surface area contributed by atoms with Crippen molar-refractivity contribution in [2.45, 2.75) is 39.0 Å². The zero-order valence-corrected chi connectivity index (χ0v) is 17.1. The molecule has 1 aromatic carbocycles. The Morgan fingerprint density at radius 3 is 2.66 bits per heavy atom. The lowest BCUT2D eigenvalue weighted by molar-refractivity contribution is -0.115. The van der Waals surface area contributed by atoms with Crippen LogP contribution in [0.3, 0.4) is 0 Å². The summed E-state index contributed by atoms with van der Waals surface area (Å²) >= 11 is 1.50. The molecular formula is C21H22N4O3S. The van der Waals surface area contributed by atoms with Gasteiger partial charge in [0.25, 0.3) is 5.91 Å². The SMILES string of the molecule is Cc1ccc(C(=O)NCC(=O)Nc2cc(-c3noc(C4CCC4)n3)sc2C)cc1. The molecule has 7 nitrogen and oxygen atoms in total. The van der Waals surface area contributed by atoms with Crippen LogP contribution in [0, 0.1) is 13.8 Å². The molecule has 150 valence electrons. The predicted molar refractivity (Wildman–Crippen MR) is 111 cm³/mol. The number of benzene rings is 1. The number of carbonyl (C=O) groups is 2. The maximum Gasteiger partial charge on any atom is 0.251 e. The van der Waals surface area contributed by atoms with Crippen LogP contribution < -0.4 is 10.6 Å². The quantitative estimate of drug-likeness (QED) is 0.639. The van der Waals surface area contributed by atoms with E-state index in [1.54, 1.807) is 12.1 Å². The van der Waals surface area contributed by atoms with Gasteiger partial charge in [-0.1, -0.05) is 29.3 Å². The minimum atomic E-state index is -0.291. The van der Waals surface area contributed by atoms with Crippen LogP contribution in [0.4, 0.5) is 5.69 Å². The van der Waals surface area contributed by atoms with Gasteiger partial charge in [0.1, 0.15) is 0 Å². The first-order valence-corrected chi connectivity index (χ1v) is 10.4. The third-order valence-electron chi connectivity index (χ3n) is 5.03. The summed E-state index contributed by atoms with van der Waals surface area (Å²) in [6.45, 7) is 3.77. The van der Waals surface area contributed by atoms with E-state index in [1.807, 2.05) is 32.0 Å². The fraction of sp³-hybridized carbons (Fsp3) is 0.333. The molecule has 2 heterocycles. The van der Waals surface area contributed by atoms with Gasteiger partial charge in [-0.05, 0) is 44.9 Å². The lowest BCUT2D eigenvalue weighted by atomic mass is 9.85. The number of hydrogen-bond donors (Lipinski definition) is 2. The fourth-order valence-corrected chi connectivity index (χ4v) is 3.94. The Labute approximate surface area is 172 Å². The van der Waals surface area contributed by atoms with E-state index in [1.165, 1.54) is 17.8 Å². The minimum absolute atomic E-state index is 0.106. The zero-order valence-electron chi connectivity index (χ0n) is 16.3. The number of amides is 2. The highest BCUT2D eigenvalue weighted by Gasteiger charge is 2.26. The van der Waals surface area contributed by atoms with Crippen LogP contribution in [0.25, 0.3) is 10.7 Å². The minimum Gasteiger partial charge on any atom is -0.343 e. The number of hydrogen-bond acceptors (Lipinski definition) is 6. The number of nitrogens with zero attached hydrogens (tertiary/aromatic N) is 2. The van der Waals surface area contributed by atoms with Crippen molar-refractivity contribution in [3.8, 4) is 10.7 Å². The first kappa shape index (κ1) is 19.3. The summed E-state index contributed by atoms with van der Waals surface area (Å²) in [5.74, 6) is 1.06. The van der Waals surface area contributed by atoms with E-state index in [0.717, 1.165) is 28.2 Å². The van der Waals surface area contributed by atoms with Crippen molar-refractivity contribution < 1.29 is 14.1 Å². The first-order chi connectivity index (χ1) is 14.0. The molecular weight excluding hydrogens is 388 g/mol. The molecule has 0 saturated heterocycles. The van der Waals surface area contributed by atoms with Gasteiger partial charge in [-0.25, -0.2) is 0 Å². The van der Waals surface area contributed by atoms with Gasteiger partial charge in [-0.3, -0.25) is 9.59 Å². The molecule has 4 rings (SSSR count). The molecule has 0 aliphatic heterocycles. The molecule has 0 atom stereocenters. The number of nitrogens with one attached hydrogen (secondary N) is 2. The predicted octanol–water partition coefficient (Wildman–Crippen LogP) is 4.05. The number of aromatic nitrogens is 2. The summed E-state index contributed by atoms with van der Waals surface area (Å²) in [5, 5.41) is 9.55. The van der Waals surface area contributed by atoms with Crippen LogP contribution in [0.1, 0.15) is 51.9 Å². The van der Waals surface area contributed by atoms with Gasteiger partial charge in [0, 0.05) is 16.4 Å². The summed E-state index contributed by atoms with van der Waals surface area (Å²) < 4.78 is 5.38. The Bertz CT molecular complexity index is 1030. The van der Waals surface area contributed by atoms with Crippen LogP contribution in [0.2, 0.25) is 0 Å². The summed E-state index contributed by atoms with van der Waals surface area (Å²) in [7, 11) is 0. The standard InChI is InChI=1S/C21H22N4O3S/c1-12-6-8-14(9-7-12)20(27)22-11-18(26)23-16-10-17(29-13(16)2)19-24-21(28-25-19)15-4-3-5-15/h6-10,15H,3-5,11H2,1-2H3,(H,22,27)(H,23,26). The van der Waals surface area contributed by atoms with Crippen molar-refractivity contribution in [3.63, 3.8) is 0 Å². The molecule has 8 heteroatoms. The highest BCUT2D eigenvalue weighted by atomic mass is 32.1. The molecule has 0 spiro atoms. The highest BCUT2D eigenvalue weighted by molar-refractivity contribution is 7.16. The van der Waals surface area contributed by atoms with Crippen molar-refractivity contribution in [2.75, 3.05) is 11.9 Å². The molecule has 1 saturated carbocycles. The second kappa shape index (κ2) is 8.16. The van der Waals surface area contributed by atoms with Gasteiger partial charge >= 0.3 is 0 Å². The van der Waals surface area contributed by atoms with Crippen LogP contribution >= 0.6 is 11.3 Å². The van der Waals surface area contributed by atoms with Crippen LogP contribution in [-0.4, -0.2) is 28.5 Å². The van der Waals surface area contributed by atoms with E-state index in [-0.39, 0.29) is 18.4 Å². The average molecular weight is 410 g/mol. The molecule has 1 aliphatic rings. The Balaban J connectivity index is 1.35. The van der Waals surface area contributed by atoms with Gasteiger partial charge in [0.2, 0.25) is 17.6 Å². The fourth-order valence-electron chi connectivity index (χ4n) is 3.03. The van der Waals surface area contributed by atoms with Crippen molar-refractivity contribution in [2.24, 2.45) is 0 Å². The summed E-state index contributed by atoms with van der Waals surface area (Å²) in [6, 6.07) is 9.04. The second-order valence-electron chi connectivity index (χ2n) is 7.26. The van der Waals surface area contributed by atoms with E-state index in [2.05, 4.69) is 20.8 Å². The number of anilines is 1. The molecule has 2 aromatic heterocycles. The molecule has 0 bridgehead atoms. The number of aryl methyl sites for hydroxylation is 2. The average Bonchev–Trinajstić information content (AvgIpc) is 3.26. The van der Waals surface area contributed by atoms with Gasteiger partial charge in [-0.15, -0.1) is 11.3 Å². The highest BCUT2D eigenvalue weighted by Crippen LogP contribution is 2.38. The lowest BCUT2D eigenvalue weighted by Crippen LogP contribution is -2.32. The van der Waals surface area contributed by atoms with E-state index < -0.39 is 0 Å². The van der Waals surface area contributed by atoms with Crippen molar-refractivity contribution in [1.29, 1.82) is 0 Å². The molecule has 2 amide bonds. The number of rotatable bonds is 6.